The van der Waals surface area contributed by atoms with Gasteiger partial charge in [-0.15, -0.1) is 34.4 Å². The topological polar surface area (TPSA) is 59.1 Å². The maximum Gasteiger partial charge on any atom is 0.234 e. The Morgan fingerprint density at radius 2 is 2.07 bits per heavy atom. The molecule has 4 nitrogen and oxygen atoms in total. The molecule has 0 unspecified atom stereocenters. The third-order valence-corrected chi connectivity index (χ3v) is 7.70. The van der Waals surface area contributed by atoms with E-state index < -0.39 is 0 Å². The Bertz CT molecular complexity index is 965. The zero-order valence-electron chi connectivity index (χ0n) is 15.3. The molecule has 0 radical (unpaired) electrons. The van der Waals surface area contributed by atoms with E-state index in [1.54, 1.807) is 29.3 Å². The van der Waals surface area contributed by atoms with Gasteiger partial charge in [0, 0.05) is 23.0 Å². The molecule has 28 heavy (non-hydrogen) atoms. The van der Waals surface area contributed by atoms with Crippen molar-refractivity contribution in [1.29, 1.82) is 0 Å². The van der Waals surface area contributed by atoms with Gasteiger partial charge in [-0.1, -0.05) is 12.1 Å². The fraction of sp³-hybridized carbons (Fsp3) is 0.286. The van der Waals surface area contributed by atoms with Crippen molar-refractivity contribution in [2.75, 3.05) is 11.1 Å². The molecule has 1 aliphatic rings. The van der Waals surface area contributed by atoms with E-state index in [-0.39, 0.29) is 11.7 Å². The van der Waals surface area contributed by atoms with Crippen LogP contribution in [0.4, 0.5) is 5.00 Å². The van der Waals surface area contributed by atoms with E-state index in [9.17, 15) is 9.59 Å². The number of carbonyl (C=O) groups excluding carboxylic acids is 2. The van der Waals surface area contributed by atoms with Gasteiger partial charge in [0.15, 0.2) is 0 Å². The molecular formula is C21H20N2O2S3. The van der Waals surface area contributed by atoms with Gasteiger partial charge in [0.2, 0.25) is 11.7 Å². The Morgan fingerprint density at radius 1 is 1.18 bits per heavy atom. The van der Waals surface area contributed by atoms with Gasteiger partial charge in [-0.2, -0.15) is 0 Å². The molecule has 3 heterocycles. The highest BCUT2D eigenvalue weighted by Crippen LogP contribution is 2.39. The Hall–Kier alpha value is -1.96. The van der Waals surface area contributed by atoms with Crippen LogP contribution in [-0.2, 0) is 23.4 Å². The monoisotopic (exact) mass is 428 g/mol. The number of amides is 1. The fourth-order valence-corrected chi connectivity index (χ4v) is 6.07. The van der Waals surface area contributed by atoms with Crippen LogP contribution in [0, 0.1) is 0 Å². The number of carbonyl (C=O) groups is 2. The highest BCUT2D eigenvalue weighted by atomic mass is 32.2. The Balaban J connectivity index is 1.48. The summed E-state index contributed by atoms with van der Waals surface area (Å²) in [5, 5.41) is 5.66. The number of fused-ring (bicyclic) bond motifs is 1. The minimum Gasteiger partial charge on any atom is -0.316 e. The van der Waals surface area contributed by atoms with Crippen LogP contribution in [0.25, 0.3) is 0 Å². The van der Waals surface area contributed by atoms with Crippen LogP contribution >= 0.6 is 34.4 Å². The van der Waals surface area contributed by atoms with Crippen molar-refractivity contribution < 1.29 is 9.59 Å². The molecule has 1 aliphatic carbocycles. The standard InChI is InChI=1S/C21H20N2O2S3/c24-18(13-26-12-14-5-3-9-22-11-14)23-21-19(20(25)17-8-4-10-27-17)15-6-1-2-7-16(15)28-21/h3-5,8-11H,1-2,6-7,12-13H2,(H,23,24). The van der Waals surface area contributed by atoms with E-state index in [4.69, 9.17) is 0 Å². The first-order valence-electron chi connectivity index (χ1n) is 9.21. The van der Waals surface area contributed by atoms with Gasteiger partial charge in [-0.3, -0.25) is 14.6 Å². The number of aryl methyl sites for hydroxylation is 1. The van der Waals surface area contributed by atoms with Gasteiger partial charge in [-0.05, 0) is 54.3 Å². The average molecular weight is 429 g/mol. The highest BCUT2D eigenvalue weighted by Gasteiger charge is 2.27. The van der Waals surface area contributed by atoms with E-state index in [1.165, 1.54) is 16.2 Å². The summed E-state index contributed by atoms with van der Waals surface area (Å²) in [5.74, 6) is 1.06. The van der Waals surface area contributed by atoms with Crippen LogP contribution in [-0.4, -0.2) is 22.4 Å². The second-order valence-electron chi connectivity index (χ2n) is 6.62. The SMILES string of the molecule is O=C(CSCc1cccnc1)Nc1sc2c(c1C(=O)c1cccs1)CCCC2. The maximum atomic E-state index is 13.1. The third kappa shape index (κ3) is 4.37. The predicted molar refractivity (Wildman–Crippen MR) is 118 cm³/mol. The number of nitrogens with one attached hydrogen (secondary N) is 1. The molecule has 1 N–H and O–H groups in total. The third-order valence-electron chi connectivity index (χ3n) is 4.62. The summed E-state index contributed by atoms with van der Waals surface area (Å²) in [5.41, 5.74) is 2.96. The number of rotatable bonds is 7. The predicted octanol–water partition coefficient (Wildman–Crippen LogP) is 5.19. The maximum absolute atomic E-state index is 13.1. The lowest BCUT2D eigenvalue weighted by Gasteiger charge is -2.12. The van der Waals surface area contributed by atoms with E-state index in [0.29, 0.717) is 11.3 Å². The van der Waals surface area contributed by atoms with Gasteiger partial charge in [-0.25, -0.2) is 0 Å². The second-order valence-corrected chi connectivity index (χ2v) is 9.66. The minimum atomic E-state index is -0.0623. The van der Waals surface area contributed by atoms with Crippen LogP contribution in [0.3, 0.4) is 0 Å². The second kappa shape index (κ2) is 9.03. The first-order valence-corrected chi connectivity index (χ1v) is 12.1. The number of anilines is 1. The molecular weight excluding hydrogens is 408 g/mol. The molecule has 0 aliphatic heterocycles. The van der Waals surface area contributed by atoms with Crippen molar-refractivity contribution in [3.63, 3.8) is 0 Å². The van der Waals surface area contributed by atoms with Crippen LogP contribution in [0.2, 0.25) is 0 Å². The number of hydrogen-bond donors (Lipinski definition) is 1. The molecule has 144 valence electrons. The molecule has 4 rings (SSSR count). The number of ketones is 1. The molecule has 3 aromatic heterocycles. The molecule has 0 bridgehead atoms. The number of aromatic nitrogens is 1. The van der Waals surface area contributed by atoms with Gasteiger partial charge < -0.3 is 5.32 Å². The van der Waals surface area contributed by atoms with Crippen LogP contribution < -0.4 is 5.32 Å². The van der Waals surface area contributed by atoms with Crippen molar-refractivity contribution in [3.05, 3.63) is 68.5 Å². The van der Waals surface area contributed by atoms with Gasteiger partial charge in [0.25, 0.3) is 0 Å². The van der Waals surface area contributed by atoms with Gasteiger partial charge >= 0.3 is 0 Å². The number of thioether (sulfide) groups is 1. The Morgan fingerprint density at radius 3 is 2.86 bits per heavy atom. The molecule has 0 spiro atoms. The van der Waals surface area contributed by atoms with Crippen LogP contribution in [0.1, 0.15) is 44.1 Å². The van der Waals surface area contributed by atoms with E-state index in [2.05, 4.69) is 10.3 Å². The fourth-order valence-electron chi connectivity index (χ4n) is 3.33. The minimum absolute atomic E-state index is 0.0349. The smallest absolute Gasteiger partial charge is 0.234 e. The summed E-state index contributed by atoms with van der Waals surface area (Å²) >= 11 is 4.58. The van der Waals surface area contributed by atoms with Crippen molar-refractivity contribution in [2.45, 2.75) is 31.4 Å². The van der Waals surface area contributed by atoms with Gasteiger partial charge in [0.05, 0.1) is 16.2 Å². The molecule has 7 heteroatoms. The molecule has 0 atom stereocenters. The number of pyridine rings is 1. The Kier molecular flexibility index (Phi) is 6.24. The number of nitrogens with zero attached hydrogens (tertiary/aromatic N) is 1. The molecule has 3 aromatic rings. The van der Waals surface area contributed by atoms with Crippen molar-refractivity contribution in [1.82, 2.24) is 4.98 Å². The molecule has 0 saturated heterocycles. The summed E-state index contributed by atoms with van der Waals surface area (Å²) in [4.78, 5) is 31.7. The first kappa shape index (κ1) is 19.4. The lowest BCUT2D eigenvalue weighted by Crippen LogP contribution is -2.16. The zero-order chi connectivity index (χ0) is 19.3. The summed E-state index contributed by atoms with van der Waals surface area (Å²) in [7, 11) is 0. The summed E-state index contributed by atoms with van der Waals surface area (Å²) in [6.07, 6.45) is 7.72. The van der Waals surface area contributed by atoms with Crippen LogP contribution in [0.15, 0.2) is 42.0 Å². The normalized spacial score (nSPS) is 13.1. The molecule has 0 fully saturated rings. The van der Waals surface area contributed by atoms with Crippen molar-refractivity contribution >= 4 is 51.1 Å². The summed E-state index contributed by atoms with van der Waals surface area (Å²) in [6, 6.07) is 7.65. The van der Waals surface area contributed by atoms with Crippen molar-refractivity contribution in [3.8, 4) is 0 Å². The lowest BCUT2D eigenvalue weighted by atomic mass is 9.93. The number of hydrogen-bond acceptors (Lipinski definition) is 6. The average Bonchev–Trinajstić information content (AvgIpc) is 3.36. The number of thiophene rings is 2. The summed E-state index contributed by atoms with van der Waals surface area (Å²) in [6.45, 7) is 0. The lowest BCUT2D eigenvalue weighted by molar-refractivity contribution is -0.113. The highest BCUT2D eigenvalue weighted by molar-refractivity contribution is 7.99. The first-order chi connectivity index (χ1) is 13.7. The summed E-state index contributed by atoms with van der Waals surface area (Å²) < 4.78 is 0. The molecule has 1 amide bonds. The van der Waals surface area contributed by atoms with Crippen molar-refractivity contribution in [2.24, 2.45) is 0 Å². The molecule has 0 aromatic carbocycles. The largest absolute Gasteiger partial charge is 0.316 e. The van der Waals surface area contributed by atoms with E-state index in [0.717, 1.165) is 52.4 Å². The van der Waals surface area contributed by atoms with E-state index >= 15 is 0 Å². The van der Waals surface area contributed by atoms with Gasteiger partial charge in [0.1, 0.15) is 5.00 Å². The van der Waals surface area contributed by atoms with E-state index in [1.807, 2.05) is 35.8 Å². The quantitative estimate of drug-likeness (QED) is 0.526. The van der Waals surface area contributed by atoms with Crippen LogP contribution in [0.5, 0.6) is 0 Å². The molecule has 0 saturated carbocycles. The zero-order valence-corrected chi connectivity index (χ0v) is 17.7. The Labute approximate surface area is 176 Å².